The van der Waals surface area contributed by atoms with E-state index in [2.05, 4.69) is 36.3 Å². The Morgan fingerprint density at radius 1 is 1.40 bits per heavy atom. The lowest BCUT2D eigenvalue weighted by atomic mass is 10.0. The summed E-state index contributed by atoms with van der Waals surface area (Å²) >= 11 is 0. The van der Waals surface area contributed by atoms with E-state index in [9.17, 15) is 0 Å². The van der Waals surface area contributed by atoms with Crippen molar-refractivity contribution in [2.75, 3.05) is 0 Å². The molecule has 1 aromatic heterocycles. The van der Waals surface area contributed by atoms with Crippen molar-refractivity contribution in [3.8, 4) is 0 Å². The predicted octanol–water partition coefficient (Wildman–Crippen LogP) is 2.51. The Hall–Kier alpha value is -1.28. The highest BCUT2D eigenvalue weighted by Crippen LogP contribution is 2.36. The van der Waals surface area contributed by atoms with Crippen LogP contribution in [0.4, 0.5) is 0 Å². The number of hydrogen-bond donors (Lipinski definition) is 2. The molecule has 0 amide bonds. The smallest absolute Gasteiger partial charge is 0.0456 e. The topological polar surface area (TPSA) is 41.8 Å². The van der Waals surface area contributed by atoms with Gasteiger partial charge in [-0.25, -0.2) is 0 Å². The molecular weight excluding hydrogens is 184 g/mol. The van der Waals surface area contributed by atoms with Crippen LogP contribution in [0.1, 0.15) is 24.0 Å². The Kier molecular flexibility index (Phi) is 1.71. The van der Waals surface area contributed by atoms with E-state index in [-0.39, 0.29) is 5.54 Å². The second-order valence-electron chi connectivity index (χ2n) is 4.89. The summed E-state index contributed by atoms with van der Waals surface area (Å²) in [6, 6.07) is 6.61. The molecule has 2 aromatic rings. The van der Waals surface area contributed by atoms with Gasteiger partial charge in [0.15, 0.2) is 0 Å². The molecule has 0 aliphatic heterocycles. The maximum absolute atomic E-state index is 6.13. The van der Waals surface area contributed by atoms with Crippen molar-refractivity contribution in [1.82, 2.24) is 4.98 Å². The van der Waals surface area contributed by atoms with E-state index in [1.165, 1.54) is 34.9 Å². The molecule has 1 aromatic carbocycles. The molecule has 1 heterocycles. The first-order valence-corrected chi connectivity index (χ1v) is 5.52. The lowest BCUT2D eigenvalue weighted by Gasteiger charge is -2.08. The standard InChI is InChI=1S/C13H16N2/c1-9-8-15-12-3-2-10(6-11(9)12)7-13(14)4-5-13/h2-3,6,8,15H,4-5,7,14H2,1H3. The van der Waals surface area contributed by atoms with E-state index in [4.69, 9.17) is 5.73 Å². The molecule has 2 heteroatoms. The number of H-pyrrole nitrogens is 1. The van der Waals surface area contributed by atoms with Crippen LogP contribution in [0, 0.1) is 6.92 Å². The number of nitrogens with two attached hydrogens (primary N) is 1. The molecule has 3 N–H and O–H groups in total. The summed E-state index contributed by atoms with van der Waals surface area (Å²) in [5.41, 5.74) is 10.1. The highest BCUT2D eigenvalue weighted by atomic mass is 14.8. The zero-order valence-corrected chi connectivity index (χ0v) is 9.01. The largest absolute Gasteiger partial charge is 0.361 e. The third kappa shape index (κ3) is 1.55. The van der Waals surface area contributed by atoms with Crippen LogP contribution in [0.25, 0.3) is 10.9 Å². The molecule has 0 spiro atoms. The van der Waals surface area contributed by atoms with Gasteiger partial charge in [-0.1, -0.05) is 6.07 Å². The van der Waals surface area contributed by atoms with Gasteiger partial charge in [-0.3, -0.25) is 0 Å². The van der Waals surface area contributed by atoms with Crippen molar-refractivity contribution in [2.45, 2.75) is 31.7 Å². The zero-order chi connectivity index (χ0) is 10.5. The molecule has 2 nitrogen and oxygen atoms in total. The number of nitrogens with one attached hydrogen (secondary N) is 1. The van der Waals surface area contributed by atoms with Gasteiger partial charge >= 0.3 is 0 Å². The number of aromatic nitrogens is 1. The Morgan fingerprint density at radius 3 is 2.93 bits per heavy atom. The molecule has 78 valence electrons. The molecular formula is C13H16N2. The number of benzene rings is 1. The second-order valence-corrected chi connectivity index (χ2v) is 4.89. The Morgan fingerprint density at radius 2 is 2.20 bits per heavy atom. The number of aromatic amines is 1. The molecule has 3 rings (SSSR count). The molecule has 1 aliphatic carbocycles. The van der Waals surface area contributed by atoms with Gasteiger partial charge in [0.25, 0.3) is 0 Å². The third-order valence-electron chi connectivity index (χ3n) is 3.40. The quantitative estimate of drug-likeness (QED) is 0.768. The molecule has 15 heavy (non-hydrogen) atoms. The van der Waals surface area contributed by atoms with Crippen molar-refractivity contribution in [1.29, 1.82) is 0 Å². The van der Waals surface area contributed by atoms with Crippen molar-refractivity contribution in [3.05, 3.63) is 35.5 Å². The number of rotatable bonds is 2. The van der Waals surface area contributed by atoms with E-state index in [1.807, 2.05) is 0 Å². The Balaban J connectivity index is 2.01. The third-order valence-corrected chi connectivity index (χ3v) is 3.40. The van der Waals surface area contributed by atoms with Crippen LogP contribution < -0.4 is 5.73 Å². The highest BCUT2D eigenvalue weighted by molar-refractivity contribution is 5.83. The summed E-state index contributed by atoms with van der Waals surface area (Å²) in [6.07, 6.45) is 5.44. The molecule has 1 fully saturated rings. The zero-order valence-electron chi connectivity index (χ0n) is 9.01. The second kappa shape index (κ2) is 2.86. The van der Waals surface area contributed by atoms with Crippen LogP contribution in [-0.4, -0.2) is 10.5 Å². The van der Waals surface area contributed by atoms with Gasteiger partial charge in [0.1, 0.15) is 0 Å². The lowest BCUT2D eigenvalue weighted by molar-refractivity contribution is 0.673. The first-order valence-electron chi connectivity index (χ1n) is 5.52. The fourth-order valence-corrected chi connectivity index (χ4v) is 2.16. The summed E-state index contributed by atoms with van der Waals surface area (Å²) in [5, 5.41) is 1.33. The molecule has 0 saturated heterocycles. The molecule has 0 radical (unpaired) electrons. The van der Waals surface area contributed by atoms with Gasteiger partial charge in [-0.2, -0.15) is 0 Å². The van der Waals surface area contributed by atoms with E-state index >= 15 is 0 Å². The molecule has 1 aliphatic rings. The monoisotopic (exact) mass is 200 g/mol. The average Bonchev–Trinajstić information content (AvgIpc) is 2.82. The fourth-order valence-electron chi connectivity index (χ4n) is 2.16. The first-order chi connectivity index (χ1) is 7.16. The summed E-state index contributed by atoms with van der Waals surface area (Å²) in [5.74, 6) is 0. The first kappa shape index (κ1) is 8.98. The van der Waals surface area contributed by atoms with Crippen LogP contribution in [0.15, 0.2) is 24.4 Å². The summed E-state index contributed by atoms with van der Waals surface area (Å²) in [4.78, 5) is 3.26. The van der Waals surface area contributed by atoms with Gasteiger partial charge < -0.3 is 10.7 Å². The number of hydrogen-bond acceptors (Lipinski definition) is 1. The Bertz CT molecular complexity index is 506. The summed E-state index contributed by atoms with van der Waals surface area (Å²) in [6.45, 7) is 2.14. The SMILES string of the molecule is Cc1c[nH]c2ccc(CC3(N)CC3)cc12. The van der Waals surface area contributed by atoms with Crippen molar-refractivity contribution >= 4 is 10.9 Å². The lowest BCUT2D eigenvalue weighted by Crippen LogP contribution is -2.24. The van der Waals surface area contributed by atoms with Gasteiger partial charge in [-0.05, 0) is 49.4 Å². The van der Waals surface area contributed by atoms with Gasteiger partial charge in [-0.15, -0.1) is 0 Å². The van der Waals surface area contributed by atoms with Crippen LogP contribution in [0.5, 0.6) is 0 Å². The van der Waals surface area contributed by atoms with Gasteiger partial charge in [0.2, 0.25) is 0 Å². The molecule has 1 saturated carbocycles. The average molecular weight is 200 g/mol. The minimum Gasteiger partial charge on any atom is -0.361 e. The van der Waals surface area contributed by atoms with Crippen molar-refractivity contribution in [3.63, 3.8) is 0 Å². The van der Waals surface area contributed by atoms with Crippen LogP contribution in [-0.2, 0) is 6.42 Å². The molecule has 0 atom stereocenters. The maximum Gasteiger partial charge on any atom is 0.0456 e. The van der Waals surface area contributed by atoms with Crippen LogP contribution in [0.3, 0.4) is 0 Å². The minimum absolute atomic E-state index is 0.109. The highest BCUT2D eigenvalue weighted by Gasteiger charge is 2.37. The van der Waals surface area contributed by atoms with Gasteiger partial charge in [0, 0.05) is 22.6 Å². The van der Waals surface area contributed by atoms with Crippen molar-refractivity contribution < 1.29 is 0 Å². The van der Waals surface area contributed by atoms with E-state index in [0.29, 0.717) is 0 Å². The van der Waals surface area contributed by atoms with E-state index in [1.54, 1.807) is 0 Å². The van der Waals surface area contributed by atoms with Crippen LogP contribution in [0.2, 0.25) is 0 Å². The van der Waals surface area contributed by atoms with E-state index in [0.717, 1.165) is 6.42 Å². The number of fused-ring (bicyclic) bond motifs is 1. The minimum atomic E-state index is 0.109. The maximum atomic E-state index is 6.13. The molecule has 0 unspecified atom stereocenters. The van der Waals surface area contributed by atoms with Gasteiger partial charge in [0.05, 0.1) is 0 Å². The van der Waals surface area contributed by atoms with E-state index < -0.39 is 0 Å². The molecule has 0 bridgehead atoms. The summed E-state index contributed by atoms with van der Waals surface area (Å²) < 4.78 is 0. The number of aryl methyl sites for hydroxylation is 1. The normalized spacial score (nSPS) is 18.3. The van der Waals surface area contributed by atoms with Crippen LogP contribution >= 0.6 is 0 Å². The van der Waals surface area contributed by atoms with Crippen molar-refractivity contribution in [2.24, 2.45) is 5.73 Å². The Labute approximate surface area is 89.5 Å². The fraction of sp³-hybridized carbons (Fsp3) is 0.385. The predicted molar refractivity (Wildman–Crippen MR) is 62.9 cm³/mol. The summed E-state index contributed by atoms with van der Waals surface area (Å²) in [7, 11) is 0.